The van der Waals surface area contributed by atoms with Crippen LogP contribution in [0, 0.1) is 29.6 Å². The van der Waals surface area contributed by atoms with Crippen molar-refractivity contribution in [3.05, 3.63) is 57.8 Å². The lowest BCUT2D eigenvalue weighted by Crippen LogP contribution is -2.60. The Hall–Kier alpha value is -3.08. The van der Waals surface area contributed by atoms with Crippen LogP contribution in [0.4, 0.5) is 0 Å². The molecule has 0 spiro atoms. The highest BCUT2D eigenvalue weighted by Crippen LogP contribution is 2.41. The normalized spacial score (nSPS) is 36.7. The number of hydrogen-bond acceptors (Lipinski definition) is 14. The summed E-state index contributed by atoms with van der Waals surface area (Å²) in [5, 5.41) is 47.3. The summed E-state index contributed by atoms with van der Waals surface area (Å²) >= 11 is 1.53. The SMILES string of the molecule is CCc1ccc(CC(=O)OCC2C(C)C(=O)OC(CC)C(C)(O)C(O)C(C)C(=NN=C(C)c3cccs3)C(C)CC(C)(OC)C(OC3OC(C)CC(N(C)C)C3O)C2C)cc1. The highest BCUT2D eigenvalue weighted by Gasteiger charge is 2.52. The van der Waals surface area contributed by atoms with Crippen molar-refractivity contribution in [1.29, 1.82) is 0 Å². The maximum absolute atomic E-state index is 14.4. The molecule has 14 unspecified atom stereocenters. The minimum absolute atomic E-state index is 0.0382. The molecule has 2 aliphatic heterocycles. The molecule has 2 saturated heterocycles. The minimum atomic E-state index is -1.90. The summed E-state index contributed by atoms with van der Waals surface area (Å²) in [6.45, 7) is 18.3. The molecule has 3 heterocycles. The Bertz CT molecular complexity index is 1770. The van der Waals surface area contributed by atoms with E-state index in [9.17, 15) is 24.9 Å². The van der Waals surface area contributed by atoms with Crippen LogP contribution in [0.1, 0.15) is 105 Å². The minimum Gasteiger partial charge on any atom is -0.465 e. The molecule has 2 aromatic rings. The Balaban J connectivity index is 1.87. The molecule has 0 saturated carbocycles. The number of likely N-dealkylation sites (N-methyl/N-ethyl adjacent to an activating group) is 1. The zero-order valence-corrected chi connectivity index (χ0v) is 39.5. The van der Waals surface area contributed by atoms with Crippen LogP contribution in [-0.2, 0) is 46.1 Å². The molecular formula is C47H73N3O10S. The van der Waals surface area contributed by atoms with Crippen molar-refractivity contribution in [2.75, 3.05) is 27.8 Å². The van der Waals surface area contributed by atoms with Crippen LogP contribution in [0.2, 0.25) is 0 Å². The summed E-state index contributed by atoms with van der Waals surface area (Å²) < 4.78 is 32.0. The van der Waals surface area contributed by atoms with Gasteiger partial charge in [0.25, 0.3) is 0 Å². The number of nitrogens with zero attached hydrogens (tertiary/aromatic N) is 3. The number of aliphatic hydroxyl groups is 3. The number of esters is 2. The molecule has 0 aliphatic carbocycles. The standard InChI is InChI=1S/C47H73N3O10S/c1-14-33-18-20-34(21-19-33)24-39(51)57-26-35-29(5)43(60-45-41(52)36(50(11)12)23-28(4)58-45)46(9,56-13)25-27(3)40(49-48-32(8)37-17-16-22-61-37)31(7)42(53)47(10,55)38(15-2)59-44(54)30(35)6/h16-22,27-31,35-36,38,41-43,45,52-53,55H,14-15,23-26H2,1-13H3. The molecule has 13 nitrogen and oxygen atoms in total. The number of rotatable bonds is 12. The predicted molar refractivity (Wildman–Crippen MR) is 239 cm³/mol. The maximum Gasteiger partial charge on any atom is 0.310 e. The number of aryl methyl sites for hydroxylation is 1. The first-order valence-corrected chi connectivity index (χ1v) is 22.8. The van der Waals surface area contributed by atoms with Crippen molar-refractivity contribution in [1.82, 2.24) is 4.90 Å². The molecule has 0 bridgehead atoms. The molecule has 2 aliphatic rings. The quantitative estimate of drug-likeness (QED) is 0.121. The van der Waals surface area contributed by atoms with Crippen molar-refractivity contribution >= 4 is 34.7 Å². The van der Waals surface area contributed by atoms with E-state index in [1.165, 1.54) is 18.3 Å². The average Bonchev–Trinajstić information content (AvgIpc) is 3.77. The lowest BCUT2D eigenvalue weighted by molar-refractivity contribution is -0.300. The van der Waals surface area contributed by atoms with E-state index >= 15 is 0 Å². The molecule has 1 aromatic heterocycles. The van der Waals surface area contributed by atoms with E-state index < -0.39 is 83.4 Å². The largest absolute Gasteiger partial charge is 0.465 e. The van der Waals surface area contributed by atoms with E-state index in [1.807, 2.05) is 95.4 Å². The van der Waals surface area contributed by atoms with E-state index in [0.717, 1.165) is 22.4 Å². The average molecular weight is 872 g/mol. The highest BCUT2D eigenvalue weighted by molar-refractivity contribution is 7.12. The van der Waals surface area contributed by atoms with Crippen LogP contribution < -0.4 is 0 Å². The number of ether oxygens (including phenoxy) is 5. The van der Waals surface area contributed by atoms with Crippen molar-refractivity contribution < 1.29 is 48.6 Å². The van der Waals surface area contributed by atoms with Gasteiger partial charge in [-0.15, -0.1) is 11.3 Å². The zero-order chi connectivity index (χ0) is 45.4. The number of benzene rings is 1. The summed E-state index contributed by atoms with van der Waals surface area (Å²) in [5.41, 5.74) is 0.0779. The first-order valence-electron chi connectivity index (χ1n) is 21.9. The molecule has 342 valence electrons. The molecule has 2 fully saturated rings. The Morgan fingerprint density at radius 2 is 1.67 bits per heavy atom. The lowest BCUT2D eigenvalue weighted by atomic mass is 9.71. The second-order valence-corrected chi connectivity index (χ2v) is 19.0. The second-order valence-electron chi connectivity index (χ2n) is 18.1. The third kappa shape index (κ3) is 12.3. The van der Waals surface area contributed by atoms with Crippen molar-refractivity contribution in [2.24, 2.45) is 39.8 Å². The Morgan fingerprint density at radius 1 is 1.02 bits per heavy atom. The molecule has 1 aromatic carbocycles. The van der Waals surface area contributed by atoms with Gasteiger partial charge in [0, 0.05) is 30.7 Å². The fourth-order valence-corrected chi connectivity index (χ4v) is 9.80. The molecule has 14 heteroatoms. The maximum atomic E-state index is 14.4. The Labute approximate surface area is 367 Å². The summed E-state index contributed by atoms with van der Waals surface area (Å²) in [4.78, 5) is 30.8. The van der Waals surface area contributed by atoms with Gasteiger partial charge in [-0.1, -0.05) is 71.9 Å². The van der Waals surface area contributed by atoms with Gasteiger partial charge in [0.15, 0.2) is 6.29 Å². The van der Waals surface area contributed by atoms with Crippen LogP contribution in [0.5, 0.6) is 0 Å². The topological polar surface area (TPSA) is 169 Å². The van der Waals surface area contributed by atoms with Gasteiger partial charge in [-0.25, -0.2) is 0 Å². The van der Waals surface area contributed by atoms with Crippen LogP contribution in [-0.4, -0.2) is 125 Å². The van der Waals surface area contributed by atoms with Gasteiger partial charge in [-0.05, 0) is 102 Å². The monoisotopic (exact) mass is 872 g/mol. The van der Waals surface area contributed by atoms with E-state index in [4.69, 9.17) is 28.8 Å². The van der Waals surface area contributed by atoms with E-state index in [-0.39, 0.29) is 38.0 Å². The number of thiophene rings is 1. The van der Waals surface area contributed by atoms with Gasteiger partial charge in [-0.3, -0.25) is 9.59 Å². The summed E-state index contributed by atoms with van der Waals surface area (Å²) in [6, 6.07) is 11.4. The van der Waals surface area contributed by atoms with Gasteiger partial charge in [0.05, 0.1) is 53.4 Å². The molecule has 61 heavy (non-hydrogen) atoms. The third-order valence-electron chi connectivity index (χ3n) is 13.2. The molecule has 14 atom stereocenters. The predicted octanol–water partition coefficient (Wildman–Crippen LogP) is 6.48. The van der Waals surface area contributed by atoms with Crippen LogP contribution in [0.25, 0.3) is 0 Å². The molecule has 0 radical (unpaired) electrons. The van der Waals surface area contributed by atoms with E-state index in [1.54, 1.807) is 27.9 Å². The van der Waals surface area contributed by atoms with Crippen LogP contribution >= 0.6 is 11.3 Å². The molecular weight excluding hydrogens is 799 g/mol. The van der Waals surface area contributed by atoms with E-state index in [0.29, 0.717) is 17.8 Å². The number of cyclic esters (lactones) is 1. The van der Waals surface area contributed by atoms with Crippen LogP contribution in [0.3, 0.4) is 0 Å². The molecule has 0 amide bonds. The van der Waals surface area contributed by atoms with Gasteiger partial charge < -0.3 is 43.9 Å². The van der Waals surface area contributed by atoms with Crippen molar-refractivity contribution in [2.45, 2.75) is 155 Å². The number of carbonyl (C=O) groups is 2. The fourth-order valence-electron chi connectivity index (χ4n) is 9.13. The summed E-state index contributed by atoms with van der Waals surface area (Å²) in [5.74, 6) is -4.48. The van der Waals surface area contributed by atoms with Gasteiger partial charge >= 0.3 is 11.9 Å². The first kappa shape index (κ1) is 50.6. The number of aliphatic hydroxyl groups excluding tert-OH is 2. The van der Waals surface area contributed by atoms with Crippen molar-refractivity contribution in [3.8, 4) is 0 Å². The van der Waals surface area contributed by atoms with Gasteiger partial charge in [-0.2, -0.15) is 10.2 Å². The van der Waals surface area contributed by atoms with Crippen LogP contribution in [0.15, 0.2) is 52.0 Å². The zero-order valence-electron chi connectivity index (χ0n) is 38.7. The molecule has 4 rings (SSSR count). The fraction of sp³-hybridized carbons (Fsp3) is 0.702. The number of methoxy groups -OCH3 is 1. The first-order chi connectivity index (χ1) is 28.7. The Kier molecular flexibility index (Phi) is 18.2. The molecule has 3 N–H and O–H groups in total. The van der Waals surface area contributed by atoms with E-state index in [2.05, 4.69) is 12.0 Å². The van der Waals surface area contributed by atoms with Gasteiger partial charge in [0.2, 0.25) is 0 Å². The lowest BCUT2D eigenvalue weighted by Gasteiger charge is -2.49. The number of hydrogen-bond donors (Lipinski definition) is 3. The third-order valence-corrected chi connectivity index (χ3v) is 14.2. The Morgan fingerprint density at radius 3 is 2.25 bits per heavy atom. The smallest absolute Gasteiger partial charge is 0.310 e. The summed E-state index contributed by atoms with van der Waals surface area (Å²) in [7, 11) is 5.40. The number of carbonyl (C=O) groups excluding carboxylic acids is 2. The second kappa shape index (κ2) is 22.0. The summed E-state index contributed by atoms with van der Waals surface area (Å²) in [6.07, 6.45) is -3.78. The van der Waals surface area contributed by atoms with Crippen molar-refractivity contribution in [3.63, 3.8) is 0 Å². The van der Waals surface area contributed by atoms with Gasteiger partial charge in [0.1, 0.15) is 17.8 Å². The highest BCUT2D eigenvalue weighted by atomic mass is 32.1.